The van der Waals surface area contributed by atoms with E-state index in [-0.39, 0.29) is 31.1 Å². The van der Waals surface area contributed by atoms with Crippen molar-refractivity contribution in [1.29, 1.82) is 0 Å². The Kier molecular flexibility index (Phi) is 12.8. The van der Waals surface area contributed by atoms with E-state index < -0.39 is 0 Å². The molecule has 0 unspecified atom stereocenters. The summed E-state index contributed by atoms with van der Waals surface area (Å²) in [6, 6.07) is 10.5. The maximum Gasteiger partial charge on any atom is 0.0319 e. The number of benzene rings is 1. The fourth-order valence-corrected chi connectivity index (χ4v) is 0.714. The van der Waals surface area contributed by atoms with E-state index >= 15 is 0 Å². The molecule has 1 nitrogen and oxygen atoms in total. The number of hydrogen-bond donors (Lipinski definition) is 1. The molecule has 0 aliphatic heterocycles. The molecule has 0 fully saturated rings. The largest absolute Gasteiger partial charge is 0.400 e. The van der Waals surface area contributed by atoms with Crippen LogP contribution in [0.4, 0.5) is 0 Å². The van der Waals surface area contributed by atoms with Crippen molar-refractivity contribution in [2.75, 3.05) is 7.11 Å². The van der Waals surface area contributed by atoms with E-state index in [0.29, 0.717) is 0 Å². The Morgan fingerprint density at radius 1 is 1.09 bits per heavy atom. The zero-order chi connectivity index (χ0) is 7.82. The minimum Gasteiger partial charge on any atom is -0.400 e. The van der Waals surface area contributed by atoms with Crippen LogP contribution in [0.2, 0.25) is 0 Å². The van der Waals surface area contributed by atoms with E-state index in [9.17, 15) is 0 Å². The Balaban J connectivity index is 0. The Hall–Kier alpha value is 0.232. The summed E-state index contributed by atoms with van der Waals surface area (Å²) >= 11 is 0. The molecule has 1 rings (SSSR count). The molecule has 0 aliphatic rings. The van der Waals surface area contributed by atoms with Crippen molar-refractivity contribution < 1.29 is 36.2 Å². The number of aliphatic hydroxyl groups is 1. The number of aryl methyl sites for hydroxylation is 1. The zero-order valence-electron chi connectivity index (χ0n) is 7.04. The molecule has 0 saturated carbocycles. The summed E-state index contributed by atoms with van der Waals surface area (Å²) < 4.78 is 0. The fraction of sp³-hybridized carbons (Fsp3) is 0.333. The van der Waals surface area contributed by atoms with Crippen LogP contribution >= 0.6 is 0 Å². The first-order chi connectivity index (χ1) is 4.93. The Bertz CT molecular complexity index is 151. The van der Waals surface area contributed by atoms with Crippen LogP contribution < -0.4 is 0 Å². The summed E-state index contributed by atoms with van der Waals surface area (Å²) in [6.45, 7) is 2.16. The van der Waals surface area contributed by atoms with Gasteiger partial charge in [0.05, 0.1) is 0 Å². The summed E-state index contributed by atoms with van der Waals surface area (Å²) in [4.78, 5) is 0. The molecule has 1 aromatic rings. The Morgan fingerprint density at radius 2 is 1.55 bits per heavy atom. The van der Waals surface area contributed by atoms with E-state index in [1.807, 2.05) is 6.07 Å². The second kappa shape index (κ2) is 10.2. The average Bonchev–Trinajstić information content (AvgIpc) is 2.10. The van der Waals surface area contributed by atoms with Gasteiger partial charge < -0.3 is 5.11 Å². The Morgan fingerprint density at radius 3 is 1.82 bits per heavy atom. The zero-order valence-corrected chi connectivity index (χ0v) is 11.2. The normalized spacial score (nSPS) is 7.18. The monoisotopic (exact) mass is 376 g/mol. The maximum atomic E-state index is 7.00. The van der Waals surface area contributed by atoms with E-state index in [0.717, 1.165) is 13.5 Å². The molecule has 0 bridgehead atoms. The molecule has 0 aromatic heterocycles. The van der Waals surface area contributed by atoms with Crippen molar-refractivity contribution in [3.63, 3.8) is 0 Å². The molecular weight excluding hydrogens is 362 g/mol. The van der Waals surface area contributed by atoms with Gasteiger partial charge in [-0.1, -0.05) is 37.3 Å². The number of rotatable bonds is 1. The van der Waals surface area contributed by atoms with Crippen molar-refractivity contribution in [3.05, 3.63) is 35.9 Å². The van der Waals surface area contributed by atoms with Crippen LogP contribution in [-0.4, -0.2) is 12.2 Å². The van der Waals surface area contributed by atoms with Crippen molar-refractivity contribution >= 4 is 0 Å². The van der Waals surface area contributed by atoms with Crippen molar-refractivity contribution in [2.24, 2.45) is 0 Å². The van der Waals surface area contributed by atoms with E-state index in [1.165, 1.54) is 5.56 Å². The molecule has 1 N–H and O–H groups in total. The van der Waals surface area contributed by atoms with Crippen LogP contribution in [0.15, 0.2) is 30.3 Å². The third kappa shape index (κ3) is 6.62. The average molecular weight is 376 g/mol. The van der Waals surface area contributed by atoms with Gasteiger partial charge in [0, 0.05) is 38.2 Å². The molecule has 0 heterocycles. The van der Waals surface area contributed by atoms with Gasteiger partial charge in [-0.3, -0.25) is 0 Å². The van der Waals surface area contributed by atoms with Crippen molar-refractivity contribution in [2.45, 2.75) is 13.3 Å². The number of aliphatic hydroxyl groups excluding tert-OH is 1. The van der Waals surface area contributed by atoms with Crippen LogP contribution in [0.3, 0.4) is 0 Å². The molecule has 0 amide bonds. The minimum atomic E-state index is 0. The molecule has 0 saturated heterocycles. The maximum absolute atomic E-state index is 7.00. The van der Waals surface area contributed by atoms with Crippen LogP contribution in [0.5, 0.6) is 0 Å². The van der Waals surface area contributed by atoms with Crippen LogP contribution in [0, 0.1) is 31.1 Å². The van der Waals surface area contributed by atoms with Gasteiger partial charge in [0.15, 0.2) is 0 Å². The van der Waals surface area contributed by atoms with Gasteiger partial charge in [0.25, 0.3) is 0 Å². The molecule has 2 heteroatoms. The predicted octanol–water partition coefficient (Wildman–Crippen LogP) is 1.86. The van der Waals surface area contributed by atoms with Gasteiger partial charge >= 0.3 is 0 Å². The second-order valence-corrected chi connectivity index (χ2v) is 1.84. The van der Waals surface area contributed by atoms with Gasteiger partial charge in [0.1, 0.15) is 0 Å². The van der Waals surface area contributed by atoms with Crippen LogP contribution in [0.25, 0.3) is 0 Å². The van der Waals surface area contributed by atoms with Crippen molar-refractivity contribution in [1.82, 2.24) is 0 Å². The molecule has 1 aromatic carbocycles. The van der Waals surface area contributed by atoms with Crippen molar-refractivity contribution in [3.8, 4) is 0 Å². The van der Waals surface area contributed by atoms with Gasteiger partial charge in [0.2, 0.25) is 0 Å². The van der Waals surface area contributed by atoms with Gasteiger partial charge in [-0.15, -0.1) is 0 Å². The third-order valence-electron chi connectivity index (χ3n) is 1.25. The first kappa shape index (κ1) is 13.8. The van der Waals surface area contributed by atoms with E-state index in [1.54, 1.807) is 0 Å². The first-order valence-electron chi connectivity index (χ1n) is 3.42. The summed E-state index contributed by atoms with van der Waals surface area (Å²) in [5.74, 6) is 0. The van der Waals surface area contributed by atoms with Gasteiger partial charge in [-0.2, -0.15) is 0 Å². The SMILES string of the molecule is CCc1ccccc1.CO.[U]. The Labute approximate surface area is 92.2 Å². The first-order valence-corrected chi connectivity index (χ1v) is 3.42. The molecule has 0 radical (unpaired) electrons. The molecule has 0 spiro atoms. The fourth-order valence-electron chi connectivity index (χ4n) is 0.714. The molecule has 11 heavy (non-hydrogen) atoms. The van der Waals surface area contributed by atoms with Gasteiger partial charge in [-0.05, 0) is 12.0 Å². The number of hydrogen-bond acceptors (Lipinski definition) is 1. The third-order valence-corrected chi connectivity index (χ3v) is 1.25. The minimum absolute atomic E-state index is 0. The van der Waals surface area contributed by atoms with E-state index in [4.69, 9.17) is 5.11 Å². The smallest absolute Gasteiger partial charge is 0.0319 e. The summed E-state index contributed by atoms with van der Waals surface area (Å²) in [5.41, 5.74) is 1.41. The second-order valence-electron chi connectivity index (χ2n) is 1.84. The van der Waals surface area contributed by atoms with Crippen LogP contribution in [-0.2, 0) is 6.42 Å². The standard InChI is InChI=1S/C8H10.CH4O.U/c1-2-8-6-4-3-5-7-8;1-2;/h3-7H,2H2,1H3;2H,1H3;. The quantitative estimate of drug-likeness (QED) is 0.794. The van der Waals surface area contributed by atoms with Crippen LogP contribution in [0.1, 0.15) is 12.5 Å². The van der Waals surface area contributed by atoms with E-state index in [2.05, 4.69) is 31.2 Å². The molecule has 0 aliphatic carbocycles. The summed E-state index contributed by atoms with van der Waals surface area (Å²) in [7, 11) is 1.00. The summed E-state index contributed by atoms with van der Waals surface area (Å²) in [5, 5.41) is 7.00. The topological polar surface area (TPSA) is 20.2 Å². The molecule has 60 valence electrons. The molecule has 0 atom stereocenters. The molecular formula is C9H14OU. The summed E-state index contributed by atoms with van der Waals surface area (Å²) in [6.07, 6.45) is 1.14. The predicted molar refractivity (Wildman–Crippen MR) is 44.0 cm³/mol. The van der Waals surface area contributed by atoms with Gasteiger partial charge in [-0.25, -0.2) is 0 Å².